The number of benzene rings is 1. The first kappa shape index (κ1) is 23.6. The fourth-order valence-electron chi connectivity index (χ4n) is 5.26. The molecule has 31 heavy (non-hydrogen) atoms. The minimum Gasteiger partial charge on any atom is -0.497 e. The van der Waals surface area contributed by atoms with Crippen molar-refractivity contribution in [2.24, 2.45) is 5.92 Å². The van der Waals surface area contributed by atoms with Crippen molar-refractivity contribution in [3.05, 3.63) is 29.8 Å². The zero-order valence-corrected chi connectivity index (χ0v) is 19.5. The van der Waals surface area contributed by atoms with Crippen LogP contribution in [0.3, 0.4) is 0 Å². The maximum Gasteiger partial charge on any atom is 0.251 e. The van der Waals surface area contributed by atoms with Crippen molar-refractivity contribution in [2.75, 3.05) is 26.7 Å². The molecule has 6 nitrogen and oxygen atoms in total. The van der Waals surface area contributed by atoms with Crippen LogP contribution in [0.1, 0.15) is 75.6 Å². The Morgan fingerprint density at radius 3 is 2.19 bits per heavy atom. The minimum absolute atomic E-state index is 0.00633. The second-order valence-corrected chi connectivity index (χ2v) is 9.65. The van der Waals surface area contributed by atoms with Crippen LogP contribution in [-0.2, 0) is 4.79 Å². The third-order valence-electron chi connectivity index (χ3n) is 7.21. The highest BCUT2D eigenvalue weighted by Crippen LogP contribution is 2.26. The molecule has 2 aliphatic rings. The van der Waals surface area contributed by atoms with Crippen molar-refractivity contribution < 1.29 is 19.2 Å². The molecule has 6 heteroatoms. The number of amides is 2. The molecule has 1 aromatic carbocycles. The summed E-state index contributed by atoms with van der Waals surface area (Å²) in [5.74, 6) is 0.406. The lowest BCUT2D eigenvalue weighted by molar-refractivity contribution is -0.957. The van der Waals surface area contributed by atoms with Gasteiger partial charge in [0.1, 0.15) is 17.3 Å². The molecule has 1 aliphatic heterocycles. The molecular weight excluding hydrogens is 390 g/mol. The fraction of sp³-hybridized carbons (Fsp3) is 0.680. The monoisotopic (exact) mass is 430 g/mol. The van der Waals surface area contributed by atoms with E-state index < -0.39 is 6.04 Å². The number of ether oxygens (including phenoxy) is 1. The number of methoxy groups -OCH3 is 1. The Kier molecular flexibility index (Phi) is 8.35. The van der Waals surface area contributed by atoms with Crippen LogP contribution >= 0.6 is 0 Å². The van der Waals surface area contributed by atoms with Gasteiger partial charge in [0.05, 0.1) is 26.7 Å². The largest absolute Gasteiger partial charge is 0.497 e. The van der Waals surface area contributed by atoms with Gasteiger partial charge in [0.2, 0.25) is 5.91 Å². The lowest BCUT2D eigenvalue weighted by atomic mass is 9.79. The summed E-state index contributed by atoms with van der Waals surface area (Å²) < 4.78 is 5.16. The molecule has 0 bridgehead atoms. The van der Waals surface area contributed by atoms with Crippen molar-refractivity contribution in [3.8, 4) is 5.75 Å². The van der Waals surface area contributed by atoms with Gasteiger partial charge in [-0.05, 0) is 62.3 Å². The van der Waals surface area contributed by atoms with Gasteiger partial charge in [-0.3, -0.25) is 9.59 Å². The second kappa shape index (κ2) is 11.0. The molecule has 2 fully saturated rings. The Balaban J connectivity index is 1.64. The minimum atomic E-state index is -0.549. The second-order valence-electron chi connectivity index (χ2n) is 9.65. The van der Waals surface area contributed by atoms with Crippen molar-refractivity contribution in [1.29, 1.82) is 0 Å². The average Bonchev–Trinajstić information content (AvgIpc) is 2.82. The van der Waals surface area contributed by atoms with Crippen LogP contribution in [0.15, 0.2) is 24.3 Å². The number of piperidine rings is 1. The summed E-state index contributed by atoms with van der Waals surface area (Å²) in [6, 6.07) is 6.41. The highest BCUT2D eigenvalue weighted by atomic mass is 16.5. The number of nitrogens with one attached hydrogen (secondary N) is 3. The van der Waals surface area contributed by atoms with Crippen molar-refractivity contribution in [1.82, 2.24) is 10.6 Å². The molecule has 1 aliphatic carbocycles. The van der Waals surface area contributed by atoms with E-state index in [2.05, 4.69) is 10.6 Å². The number of carbonyl (C=O) groups excluding carboxylic acids is 2. The lowest BCUT2D eigenvalue weighted by Gasteiger charge is -2.45. The van der Waals surface area contributed by atoms with Gasteiger partial charge in [-0.2, -0.15) is 0 Å². The van der Waals surface area contributed by atoms with E-state index in [1.165, 1.54) is 64.5 Å². The van der Waals surface area contributed by atoms with Gasteiger partial charge in [0, 0.05) is 18.4 Å². The van der Waals surface area contributed by atoms with E-state index in [9.17, 15) is 9.59 Å². The smallest absolute Gasteiger partial charge is 0.251 e. The Morgan fingerprint density at radius 1 is 1.00 bits per heavy atom. The van der Waals surface area contributed by atoms with Crippen LogP contribution in [-0.4, -0.2) is 50.1 Å². The number of rotatable bonds is 8. The van der Waals surface area contributed by atoms with Crippen LogP contribution in [0.4, 0.5) is 0 Å². The third kappa shape index (κ3) is 6.00. The molecule has 172 valence electrons. The summed E-state index contributed by atoms with van der Waals surface area (Å²) in [5.41, 5.74) is 0.691. The summed E-state index contributed by atoms with van der Waals surface area (Å²) in [6.07, 6.45) is 10.1. The van der Waals surface area contributed by atoms with E-state index >= 15 is 0 Å². The predicted octanol–water partition coefficient (Wildman–Crippen LogP) is 2.34. The van der Waals surface area contributed by atoms with Crippen LogP contribution in [0.25, 0.3) is 0 Å². The molecule has 1 saturated heterocycles. The molecule has 0 aromatic heterocycles. The number of quaternary nitrogens is 1. The predicted molar refractivity (Wildman–Crippen MR) is 122 cm³/mol. The molecule has 1 heterocycles. The first-order valence-electron chi connectivity index (χ1n) is 12.0. The van der Waals surface area contributed by atoms with Crippen molar-refractivity contribution >= 4 is 11.8 Å². The quantitative estimate of drug-likeness (QED) is 0.593. The SMILES string of the molecule is COc1ccc(C(=O)N[C@H](C(=O)NCC2([NH+]3CCCCC3)CCCCC2)C(C)C)cc1. The number of carbonyl (C=O) groups is 2. The average molecular weight is 431 g/mol. The molecule has 0 radical (unpaired) electrons. The first-order valence-corrected chi connectivity index (χ1v) is 12.0. The van der Waals surface area contributed by atoms with Crippen LogP contribution < -0.4 is 20.3 Å². The molecule has 1 aromatic rings. The molecule has 0 unspecified atom stereocenters. The van der Waals surface area contributed by atoms with E-state index in [-0.39, 0.29) is 23.3 Å². The highest BCUT2D eigenvalue weighted by Gasteiger charge is 2.42. The van der Waals surface area contributed by atoms with Gasteiger partial charge >= 0.3 is 0 Å². The highest BCUT2D eigenvalue weighted by molar-refractivity contribution is 5.97. The normalized spacial score (nSPS) is 20.1. The number of hydrogen-bond donors (Lipinski definition) is 3. The molecule has 2 amide bonds. The summed E-state index contributed by atoms with van der Waals surface area (Å²) in [4.78, 5) is 27.6. The van der Waals surface area contributed by atoms with Crippen LogP contribution in [0.5, 0.6) is 5.75 Å². The fourth-order valence-corrected chi connectivity index (χ4v) is 5.26. The number of likely N-dealkylation sites (tertiary alicyclic amines) is 1. The summed E-state index contributed by atoms with van der Waals surface area (Å²) >= 11 is 0. The van der Waals surface area contributed by atoms with Crippen LogP contribution in [0.2, 0.25) is 0 Å². The molecule has 3 rings (SSSR count). The summed E-state index contributed by atoms with van der Waals surface area (Å²) in [6.45, 7) is 7.10. The van der Waals surface area contributed by atoms with Gasteiger partial charge in [-0.1, -0.05) is 20.3 Å². The molecule has 0 spiro atoms. The Labute approximate surface area is 187 Å². The van der Waals surface area contributed by atoms with Gasteiger partial charge in [0.25, 0.3) is 5.91 Å². The molecular formula is C25H40N3O3+. The van der Waals surface area contributed by atoms with Crippen molar-refractivity contribution in [2.45, 2.75) is 76.8 Å². The lowest BCUT2D eigenvalue weighted by Crippen LogP contribution is -3.22. The Morgan fingerprint density at radius 2 is 1.61 bits per heavy atom. The van der Waals surface area contributed by atoms with Crippen molar-refractivity contribution in [3.63, 3.8) is 0 Å². The van der Waals surface area contributed by atoms with E-state index in [1.807, 2.05) is 13.8 Å². The Bertz CT molecular complexity index is 720. The van der Waals surface area contributed by atoms with E-state index in [0.29, 0.717) is 17.9 Å². The van der Waals surface area contributed by atoms with E-state index in [0.717, 1.165) is 0 Å². The van der Waals surface area contributed by atoms with Gasteiger partial charge < -0.3 is 20.3 Å². The van der Waals surface area contributed by atoms with E-state index in [1.54, 1.807) is 36.3 Å². The zero-order valence-electron chi connectivity index (χ0n) is 19.5. The molecule has 1 atom stereocenters. The van der Waals surface area contributed by atoms with Gasteiger partial charge in [0.15, 0.2) is 0 Å². The maximum absolute atomic E-state index is 13.2. The number of hydrogen-bond acceptors (Lipinski definition) is 3. The topological polar surface area (TPSA) is 71.9 Å². The van der Waals surface area contributed by atoms with Crippen LogP contribution in [0, 0.1) is 5.92 Å². The molecule has 3 N–H and O–H groups in total. The Hall–Kier alpha value is -2.08. The molecule has 1 saturated carbocycles. The van der Waals surface area contributed by atoms with Gasteiger partial charge in [-0.15, -0.1) is 0 Å². The van der Waals surface area contributed by atoms with Gasteiger partial charge in [-0.25, -0.2) is 0 Å². The first-order chi connectivity index (χ1) is 14.9. The third-order valence-corrected chi connectivity index (χ3v) is 7.21. The summed E-state index contributed by atoms with van der Waals surface area (Å²) in [5, 5.41) is 6.20. The standard InChI is InChI=1S/C25H39N3O3/c1-19(2)22(27-23(29)20-10-12-21(31-3)13-11-20)24(30)26-18-25(14-6-4-7-15-25)28-16-8-5-9-17-28/h10-13,19,22H,4-9,14-18H2,1-3H3,(H,26,30)(H,27,29)/p+1/t22-/m0/s1. The zero-order chi connectivity index (χ0) is 22.3. The summed E-state index contributed by atoms with van der Waals surface area (Å²) in [7, 11) is 1.60. The van der Waals surface area contributed by atoms with E-state index in [4.69, 9.17) is 4.74 Å². The maximum atomic E-state index is 13.2.